The van der Waals surface area contributed by atoms with Gasteiger partial charge in [-0.15, -0.1) is 11.3 Å². The van der Waals surface area contributed by atoms with Gasteiger partial charge in [0.25, 0.3) is 11.5 Å². The Kier molecular flexibility index (Phi) is 6.25. The lowest BCUT2D eigenvalue weighted by Crippen LogP contribution is -2.42. The first-order valence-corrected chi connectivity index (χ1v) is 10.2. The van der Waals surface area contributed by atoms with Gasteiger partial charge in [0, 0.05) is 25.7 Å². The highest BCUT2D eigenvalue weighted by molar-refractivity contribution is 7.17. The van der Waals surface area contributed by atoms with Crippen LogP contribution in [0.2, 0.25) is 0 Å². The number of carbonyl (C=O) groups excluding carboxylic acids is 1. The van der Waals surface area contributed by atoms with Crippen LogP contribution in [0.5, 0.6) is 0 Å². The van der Waals surface area contributed by atoms with Crippen molar-refractivity contribution in [3.63, 3.8) is 0 Å². The number of fused-ring (bicyclic) bond motifs is 1. The summed E-state index contributed by atoms with van der Waals surface area (Å²) in [4.78, 5) is 38.0. The Bertz CT molecular complexity index is 1090. The number of aromatic nitrogens is 2. The summed E-state index contributed by atoms with van der Waals surface area (Å²) in [6.07, 6.45) is -3.14. The molecule has 3 rings (SSSR count). The third-order valence-corrected chi connectivity index (χ3v) is 6.10. The van der Waals surface area contributed by atoms with Gasteiger partial charge in [0.15, 0.2) is 5.82 Å². The molecule has 3 heterocycles. The van der Waals surface area contributed by atoms with Crippen molar-refractivity contribution in [2.24, 2.45) is 10.9 Å². The van der Waals surface area contributed by atoms with E-state index in [9.17, 15) is 22.8 Å². The number of allylic oxidation sites excluding steroid dienone is 1. The average Bonchev–Trinajstić information content (AvgIpc) is 3.18. The molecule has 6 nitrogen and oxygen atoms in total. The SMILES string of the molecule is C=C/C(C(=O)N1CCC(C(F)(F)F)CC1)=C(/C)C(=NC)c1nc2ccsc2c(=O)[nH]1. The number of likely N-dealkylation sites (tertiary alicyclic amines) is 1. The van der Waals surface area contributed by atoms with Gasteiger partial charge in [0.2, 0.25) is 0 Å². The number of carbonyl (C=O) groups is 1. The molecule has 0 spiro atoms. The molecule has 2 aromatic rings. The Morgan fingerprint density at radius 3 is 2.63 bits per heavy atom. The molecule has 1 aliphatic rings. The Labute approximate surface area is 174 Å². The number of thiophene rings is 1. The maximum absolute atomic E-state index is 13.0. The van der Waals surface area contributed by atoms with Crippen LogP contribution in [-0.4, -0.2) is 52.8 Å². The van der Waals surface area contributed by atoms with Gasteiger partial charge in [-0.25, -0.2) is 4.98 Å². The van der Waals surface area contributed by atoms with Gasteiger partial charge in [0.05, 0.1) is 11.4 Å². The van der Waals surface area contributed by atoms with Gasteiger partial charge in [-0.1, -0.05) is 12.7 Å². The van der Waals surface area contributed by atoms with Gasteiger partial charge >= 0.3 is 6.18 Å². The van der Waals surface area contributed by atoms with Crippen LogP contribution >= 0.6 is 11.3 Å². The molecule has 0 saturated carbocycles. The minimum atomic E-state index is -4.25. The van der Waals surface area contributed by atoms with E-state index in [-0.39, 0.29) is 42.9 Å². The first kappa shape index (κ1) is 21.9. The summed E-state index contributed by atoms with van der Waals surface area (Å²) in [7, 11) is 1.51. The van der Waals surface area contributed by atoms with E-state index in [1.165, 1.54) is 29.4 Å². The minimum absolute atomic E-state index is 0.0160. The van der Waals surface area contributed by atoms with Gasteiger partial charge in [0.1, 0.15) is 10.4 Å². The minimum Gasteiger partial charge on any atom is -0.339 e. The second kappa shape index (κ2) is 8.55. The summed E-state index contributed by atoms with van der Waals surface area (Å²) in [6.45, 7) is 5.37. The van der Waals surface area contributed by atoms with Crippen LogP contribution in [0.1, 0.15) is 25.6 Å². The molecule has 160 valence electrons. The quantitative estimate of drug-likeness (QED) is 0.449. The van der Waals surface area contributed by atoms with E-state index >= 15 is 0 Å². The highest BCUT2D eigenvalue weighted by Crippen LogP contribution is 2.34. The molecule has 0 radical (unpaired) electrons. The van der Waals surface area contributed by atoms with Crippen LogP contribution in [0, 0.1) is 5.92 Å². The average molecular weight is 438 g/mol. The molecule has 1 aliphatic heterocycles. The van der Waals surface area contributed by atoms with E-state index in [0.29, 0.717) is 21.5 Å². The summed E-state index contributed by atoms with van der Waals surface area (Å²) in [5.74, 6) is -1.59. The van der Waals surface area contributed by atoms with E-state index in [1.54, 1.807) is 18.4 Å². The lowest BCUT2D eigenvalue weighted by Gasteiger charge is -2.33. The third kappa shape index (κ3) is 4.23. The van der Waals surface area contributed by atoms with Crippen LogP contribution in [-0.2, 0) is 4.79 Å². The Morgan fingerprint density at radius 1 is 1.40 bits per heavy atom. The number of alkyl halides is 3. The Morgan fingerprint density at radius 2 is 2.07 bits per heavy atom. The second-order valence-electron chi connectivity index (χ2n) is 6.97. The highest BCUT2D eigenvalue weighted by Gasteiger charge is 2.42. The first-order valence-electron chi connectivity index (χ1n) is 9.31. The van der Waals surface area contributed by atoms with E-state index in [4.69, 9.17) is 0 Å². The van der Waals surface area contributed by atoms with Gasteiger partial charge in [-0.2, -0.15) is 13.2 Å². The normalized spacial score (nSPS) is 17.2. The zero-order valence-electron chi connectivity index (χ0n) is 16.5. The predicted molar refractivity (Wildman–Crippen MR) is 111 cm³/mol. The summed E-state index contributed by atoms with van der Waals surface area (Å²) in [5, 5.41) is 1.76. The van der Waals surface area contributed by atoms with Crippen molar-refractivity contribution in [1.82, 2.24) is 14.9 Å². The number of amides is 1. The van der Waals surface area contributed by atoms with Crippen molar-refractivity contribution in [3.8, 4) is 0 Å². The van der Waals surface area contributed by atoms with Crippen molar-refractivity contribution in [1.29, 1.82) is 0 Å². The van der Waals surface area contributed by atoms with E-state index in [2.05, 4.69) is 21.5 Å². The second-order valence-corrected chi connectivity index (χ2v) is 7.89. The summed E-state index contributed by atoms with van der Waals surface area (Å²) < 4.78 is 39.2. The van der Waals surface area contributed by atoms with Gasteiger partial charge in [-0.3, -0.25) is 14.6 Å². The van der Waals surface area contributed by atoms with Crippen LogP contribution in [0.4, 0.5) is 13.2 Å². The van der Waals surface area contributed by atoms with E-state index in [1.807, 2.05) is 0 Å². The van der Waals surface area contributed by atoms with Crippen molar-refractivity contribution in [3.05, 3.63) is 51.4 Å². The molecular formula is C20H21F3N4O2S. The molecular weight excluding hydrogens is 417 g/mol. The molecule has 1 amide bonds. The van der Waals surface area contributed by atoms with Crippen LogP contribution in [0.25, 0.3) is 10.2 Å². The molecule has 0 bridgehead atoms. The van der Waals surface area contributed by atoms with Crippen LogP contribution in [0.15, 0.2) is 45.0 Å². The fourth-order valence-electron chi connectivity index (χ4n) is 3.55. The van der Waals surface area contributed by atoms with Crippen molar-refractivity contribution in [2.75, 3.05) is 20.1 Å². The molecule has 1 N–H and O–H groups in total. The van der Waals surface area contributed by atoms with Crippen molar-refractivity contribution in [2.45, 2.75) is 25.9 Å². The summed E-state index contributed by atoms with van der Waals surface area (Å²) in [5.41, 5.74) is 1.18. The first-order chi connectivity index (χ1) is 14.2. The Hall–Kier alpha value is -2.75. The molecule has 0 aliphatic carbocycles. The lowest BCUT2D eigenvalue weighted by atomic mass is 9.95. The number of rotatable bonds is 4. The number of hydrogen-bond donors (Lipinski definition) is 1. The fourth-order valence-corrected chi connectivity index (χ4v) is 4.27. The van der Waals surface area contributed by atoms with Crippen molar-refractivity contribution >= 4 is 33.2 Å². The molecule has 1 saturated heterocycles. The molecule has 1 fully saturated rings. The van der Waals surface area contributed by atoms with Crippen LogP contribution < -0.4 is 5.56 Å². The van der Waals surface area contributed by atoms with Gasteiger partial charge in [-0.05, 0) is 36.8 Å². The fraction of sp³-hybridized carbons (Fsp3) is 0.400. The van der Waals surface area contributed by atoms with E-state index in [0.717, 1.165) is 0 Å². The maximum atomic E-state index is 13.0. The molecule has 0 unspecified atom stereocenters. The number of H-pyrrole nitrogens is 1. The molecule has 0 atom stereocenters. The molecule has 2 aromatic heterocycles. The highest BCUT2D eigenvalue weighted by atomic mass is 32.1. The summed E-state index contributed by atoms with van der Waals surface area (Å²) >= 11 is 1.27. The Balaban J connectivity index is 1.90. The molecule has 10 heteroatoms. The largest absolute Gasteiger partial charge is 0.391 e. The standard InChI is InChI=1S/C20H21F3N4O2S/c1-4-13(19(29)27-8-5-12(6-9-27)20(21,22)23)11(2)15(24-3)17-25-14-7-10-30-16(14)18(28)26-17/h4,7,10,12H,1,5-6,8-9H2,2-3H3,(H,25,26,28)/b13-11+,24-15?. The smallest absolute Gasteiger partial charge is 0.339 e. The third-order valence-electron chi connectivity index (χ3n) is 5.20. The number of aliphatic imine (C=N–C) groups is 1. The number of hydrogen-bond acceptors (Lipinski definition) is 5. The zero-order valence-corrected chi connectivity index (χ0v) is 17.4. The van der Waals surface area contributed by atoms with Crippen molar-refractivity contribution < 1.29 is 18.0 Å². The maximum Gasteiger partial charge on any atom is 0.391 e. The molecule has 0 aromatic carbocycles. The topological polar surface area (TPSA) is 78.4 Å². The number of halogens is 3. The number of nitrogens with zero attached hydrogens (tertiary/aromatic N) is 3. The zero-order chi connectivity index (χ0) is 22.1. The van der Waals surface area contributed by atoms with E-state index < -0.39 is 18.0 Å². The van der Waals surface area contributed by atoms with Gasteiger partial charge < -0.3 is 9.88 Å². The lowest BCUT2D eigenvalue weighted by molar-refractivity contribution is -0.186. The number of piperidine rings is 1. The van der Waals surface area contributed by atoms with Crippen LogP contribution in [0.3, 0.4) is 0 Å². The number of aromatic amines is 1. The molecule has 30 heavy (non-hydrogen) atoms. The number of nitrogens with one attached hydrogen (secondary N) is 1. The monoisotopic (exact) mass is 438 g/mol. The predicted octanol–water partition coefficient (Wildman–Crippen LogP) is 3.71. The summed E-state index contributed by atoms with van der Waals surface area (Å²) in [6, 6.07) is 1.72.